The third kappa shape index (κ3) is 3.34. The minimum absolute atomic E-state index is 0.176. The predicted molar refractivity (Wildman–Crippen MR) is 67.6 cm³/mol. The molecule has 1 heterocycles. The Hall–Kier alpha value is -2.29. The lowest BCUT2D eigenvalue weighted by atomic mass is 10.3. The van der Waals surface area contributed by atoms with E-state index in [0.717, 1.165) is 11.4 Å². The number of carbonyl (C=O) groups is 1. The van der Waals surface area contributed by atoms with Crippen LogP contribution in [0.3, 0.4) is 0 Å². The van der Waals surface area contributed by atoms with E-state index < -0.39 is 0 Å². The van der Waals surface area contributed by atoms with Crippen LogP contribution in [0.4, 0.5) is 5.69 Å². The van der Waals surface area contributed by atoms with Crippen molar-refractivity contribution in [2.75, 3.05) is 5.32 Å². The molecule has 0 spiro atoms. The summed E-state index contributed by atoms with van der Waals surface area (Å²) >= 11 is 0. The van der Waals surface area contributed by atoms with E-state index in [2.05, 4.69) is 5.32 Å². The van der Waals surface area contributed by atoms with E-state index in [9.17, 15) is 4.79 Å². The maximum absolute atomic E-state index is 11.6. The molecule has 1 aromatic carbocycles. The van der Waals surface area contributed by atoms with Gasteiger partial charge < -0.3 is 9.73 Å². The van der Waals surface area contributed by atoms with E-state index in [4.69, 9.17) is 4.42 Å². The smallest absolute Gasteiger partial charge is 0.248 e. The first kappa shape index (κ1) is 11.2. The van der Waals surface area contributed by atoms with Gasteiger partial charge in [-0.1, -0.05) is 18.2 Å². The summed E-state index contributed by atoms with van der Waals surface area (Å²) in [6, 6.07) is 13.0. The van der Waals surface area contributed by atoms with Gasteiger partial charge in [-0.05, 0) is 37.3 Å². The Bertz CT molecular complexity index is 526. The Balaban J connectivity index is 1.96. The minimum Gasteiger partial charge on any atom is -0.462 e. The second-order valence-electron chi connectivity index (χ2n) is 3.64. The molecule has 3 nitrogen and oxygen atoms in total. The molecule has 0 aliphatic heterocycles. The molecule has 3 heteroatoms. The van der Waals surface area contributed by atoms with Gasteiger partial charge in [-0.2, -0.15) is 0 Å². The van der Waals surface area contributed by atoms with Crippen LogP contribution in [0, 0.1) is 6.92 Å². The zero-order chi connectivity index (χ0) is 12.1. The zero-order valence-corrected chi connectivity index (χ0v) is 9.51. The van der Waals surface area contributed by atoms with Crippen LogP contribution in [0.25, 0.3) is 6.08 Å². The summed E-state index contributed by atoms with van der Waals surface area (Å²) in [4.78, 5) is 11.6. The van der Waals surface area contributed by atoms with Crippen molar-refractivity contribution >= 4 is 17.7 Å². The fourth-order valence-electron chi connectivity index (χ4n) is 1.41. The van der Waals surface area contributed by atoms with Crippen LogP contribution in [0.2, 0.25) is 0 Å². The lowest BCUT2D eigenvalue weighted by molar-refractivity contribution is -0.111. The number of para-hydroxylation sites is 1. The molecule has 0 aliphatic rings. The summed E-state index contributed by atoms with van der Waals surface area (Å²) in [5, 5.41) is 2.75. The highest BCUT2D eigenvalue weighted by Crippen LogP contribution is 2.09. The molecule has 0 saturated carbocycles. The molecule has 0 aliphatic carbocycles. The minimum atomic E-state index is -0.176. The van der Waals surface area contributed by atoms with E-state index >= 15 is 0 Å². The fraction of sp³-hybridized carbons (Fsp3) is 0.0714. The van der Waals surface area contributed by atoms with Crippen LogP contribution < -0.4 is 5.32 Å². The maximum atomic E-state index is 11.6. The summed E-state index contributed by atoms with van der Waals surface area (Å²) in [5.41, 5.74) is 0.776. The Morgan fingerprint density at radius 1 is 1.18 bits per heavy atom. The Morgan fingerprint density at radius 3 is 2.59 bits per heavy atom. The van der Waals surface area contributed by atoms with Crippen molar-refractivity contribution in [2.45, 2.75) is 6.92 Å². The van der Waals surface area contributed by atoms with Gasteiger partial charge in [0, 0.05) is 11.8 Å². The highest BCUT2D eigenvalue weighted by molar-refractivity contribution is 6.01. The third-order valence-corrected chi connectivity index (χ3v) is 2.20. The van der Waals surface area contributed by atoms with Gasteiger partial charge in [0.1, 0.15) is 11.5 Å². The molecule has 0 saturated heterocycles. The molecular weight excluding hydrogens is 214 g/mol. The summed E-state index contributed by atoms with van der Waals surface area (Å²) in [6.45, 7) is 1.86. The van der Waals surface area contributed by atoms with E-state index in [1.165, 1.54) is 6.08 Å². The van der Waals surface area contributed by atoms with Gasteiger partial charge in [0.25, 0.3) is 0 Å². The molecule has 1 N–H and O–H groups in total. The fourth-order valence-corrected chi connectivity index (χ4v) is 1.41. The number of hydrogen-bond acceptors (Lipinski definition) is 2. The zero-order valence-electron chi connectivity index (χ0n) is 9.51. The molecule has 0 fully saturated rings. The molecule has 0 radical (unpaired) electrons. The van der Waals surface area contributed by atoms with Crippen LogP contribution >= 0.6 is 0 Å². The van der Waals surface area contributed by atoms with Gasteiger partial charge in [-0.15, -0.1) is 0 Å². The Morgan fingerprint density at radius 2 is 1.94 bits per heavy atom. The first-order valence-electron chi connectivity index (χ1n) is 5.34. The van der Waals surface area contributed by atoms with Crippen molar-refractivity contribution in [3.63, 3.8) is 0 Å². The number of hydrogen-bond donors (Lipinski definition) is 1. The van der Waals surface area contributed by atoms with Crippen LogP contribution in [-0.4, -0.2) is 5.91 Å². The molecular formula is C14H13NO2. The number of amides is 1. The van der Waals surface area contributed by atoms with Crippen LogP contribution in [0.5, 0.6) is 0 Å². The normalized spacial score (nSPS) is 10.6. The molecule has 0 bridgehead atoms. The van der Waals surface area contributed by atoms with Crippen molar-refractivity contribution in [3.05, 3.63) is 60.1 Å². The number of furan rings is 1. The summed E-state index contributed by atoms with van der Waals surface area (Å²) in [5.74, 6) is 1.32. The van der Waals surface area contributed by atoms with Gasteiger partial charge in [-0.25, -0.2) is 0 Å². The first-order valence-corrected chi connectivity index (χ1v) is 5.34. The average Bonchev–Trinajstić information content (AvgIpc) is 2.74. The lowest BCUT2D eigenvalue weighted by Crippen LogP contribution is -2.07. The van der Waals surface area contributed by atoms with E-state index in [1.54, 1.807) is 6.08 Å². The standard InChI is InChI=1S/C14H13NO2/c1-11-7-8-13(17-11)9-10-14(16)15-12-5-3-2-4-6-12/h2-10H,1H3,(H,15,16)/b10-9+. The lowest BCUT2D eigenvalue weighted by Gasteiger charge is -1.99. The number of benzene rings is 1. The van der Waals surface area contributed by atoms with Crippen molar-refractivity contribution < 1.29 is 9.21 Å². The van der Waals surface area contributed by atoms with E-state index in [0.29, 0.717) is 5.76 Å². The van der Waals surface area contributed by atoms with Crippen LogP contribution in [0.1, 0.15) is 11.5 Å². The molecule has 0 unspecified atom stereocenters. The van der Waals surface area contributed by atoms with Crippen molar-refractivity contribution in [3.8, 4) is 0 Å². The second kappa shape index (κ2) is 5.16. The average molecular weight is 227 g/mol. The van der Waals surface area contributed by atoms with Gasteiger partial charge in [0.2, 0.25) is 5.91 Å². The van der Waals surface area contributed by atoms with Crippen molar-refractivity contribution in [1.29, 1.82) is 0 Å². The summed E-state index contributed by atoms with van der Waals surface area (Å²) < 4.78 is 5.32. The van der Waals surface area contributed by atoms with E-state index in [1.807, 2.05) is 49.4 Å². The van der Waals surface area contributed by atoms with Gasteiger partial charge in [0.05, 0.1) is 0 Å². The van der Waals surface area contributed by atoms with Crippen molar-refractivity contribution in [2.24, 2.45) is 0 Å². The third-order valence-electron chi connectivity index (χ3n) is 2.20. The topological polar surface area (TPSA) is 42.2 Å². The molecule has 86 valence electrons. The number of aryl methyl sites for hydroxylation is 1. The summed E-state index contributed by atoms with van der Waals surface area (Å²) in [7, 11) is 0. The van der Waals surface area contributed by atoms with Gasteiger partial charge in [-0.3, -0.25) is 4.79 Å². The number of rotatable bonds is 3. The highest BCUT2D eigenvalue weighted by Gasteiger charge is 1.98. The molecule has 1 aromatic heterocycles. The predicted octanol–water partition coefficient (Wildman–Crippen LogP) is 3.24. The summed E-state index contributed by atoms with van der Waals surface area (Å²) in [6.07, 6.45) is 3.09. The van der Waals surface area contributed by atoms with Gasteiger partial charge >= 0.3 is 0 Å². The molecule has 2 aromatic rings. The quantitative estimate of drug-likeness (QED) is 0.818. The number of nitrogens with one attached hydrogen (secondary N) is 1. The largest absolute Gasteiger partial charge is 0.462 e. The number of carbonyl (C=O) groups excluding carboxylic acids is 1. The SMILES string of the molecule is Cc1ccc(/C=C/C(=O)Nc2ccccc2)o1. The van der Waals surface area contributed by atoms with Crippen LogP contribution in [0.15, 0.2) is 53.0 Å². The Kier molecular flexibility index (Phi) is 3.40. The second-order valence-corrected chi connectivity index (χ2v) is 3.64. The maximum Gasteiger partial charge on any atom is 0.248 e. The van der Waals surface area contributed by atoms with Crippen molar-refractivity contribution in [1.82, 2.24) is 0 Å². The number of anilines is 1. The molecule has 17 heavy (non-hydrogen) atoms. The van der Waals surface area contributed by atoms with Gasteiger partial charge in [0.15, 0.2) is 0 Å². The Labute approximate surface area is 99.8 Å². The highest BCUT2D eigenvalue weighted by atomic mass is 16.3. The monoisotopic (exact) mass is 227 g/mol. The molecule has 2 rings (SSSR count). The molecule has 1 amide bonds. The van der Waals surface area contributed by atoms with E-state index in [-0.39, 0.29) is 5.91 Å². The molecule has 0 atom stereocenters. The first-order chi connectivity index (χ1) is 8.24. The van der Waals surface area contributed by atoms with Crippen LogP contribution in [-0.2, 0) is 4.79 Å².